The standard InChI is InChI=1S/C19H23N5O2S/c1-14-5-7-15(8-6-14)27(25,26)24-12-9-16-18(17(20)13-21-19(16)24)22-23-10-3-2-4-11-23/h5-9,12-13H,2-4,10-11,20H2,1H3,(H,21,22). The van der Waals surface area contributed by atoms with Gasteiger partial charge in [0.25, 0.3) is 10.0 Å². The molecule has 8 heteroatoms. The molecule has 1 aliphatic heterocycles. The van der Waals surface area contributed by atoms with E-state index in [4.69, 9.17) is 5.73 Å². The molecule has 7 nitrogen and oxygen atoms in total. The summed E-state index contributed by atoms with van der Waals surface area (Å²) in [6.07, 6.45) is 6.53. The van der Waals surface area contributed by atoms with Gasteiger partial charge in [0.1, 0.15) is 0 Å². The summed E-state index contributed by atoms with van der Waals surface area (Å²) in [6.45, 7) is 3.79. The van der Waals surface area contributed by atoms with Crippen LogP contribution in [-0.4, -0.2) is 35.5 Å². The number of nitrogens with one attached hydrogen (secondary N) is 1. The Kier molecular flexibility index (Phi) is 4.53. The molecule has 0 aliphatic carbocycles. The summed E-state index contributed by atoms with van der Waals surface area (Å²) in [5.41, 5.74) is 12.1. The van der Waals surface area contributed by atoms with Crippen molar-refractivity contribution in [2.24, 2.45) is 0 Å². The van der Waals surface area contributed by atoms with Crippen molar-refractivity contribution < 1.29 is 8.42 Å². The van der Waals surface area contributed by atoms with Crippen molar-refractivity contribution in [2.45, 2.75) is 31.1 Å². The van der Waals surface area contributed by atoms with Gasteiger partial charge < -0.3 is 11.2 Å². The van der Waals surface area contributed by atoms with E-state index in [2.05, 4.69) is 15.4 Å². The van der Waals surface area contributed by atoms with Gasteiger partial charge in [0.15, 0.2) is 5.65 Å². The number of rotatable bonds is 4. The highest BCUT2D eigenvalue weighted by molar-refractivity contribution is 7.90. The van der Waals surface area contributed by atoms with Crippen LogP contribution < -0.4 is 11.2 Å². The Morgan fingerprint density at radius 2 is 1.78 bits per heavy atom. The Morgan fingerprint density at radius 3 is 2.48 bits per heavy atom. The molecular formula is C19H23N5O2S. The van der Waals surface area contributed by atoms with Crippen LogP contribution in [-0.2, 0) is 10.0 Å². The minimum absolute atomic E-state index is 0.231. The third-order valence-corrected chi connectivity index (χ3v) is 6.59. The number of nitrogens with zero attached hydrogens (tertiary/aromatic N) is 3. The first-order valence-electron chi connectivity index (χ1n) is 9.06. The minimum atomic E-state index is -3.73. The average molecular weight is 385 g/mol. The lowest BCUT2D eigenvalue weighted by Gasteiger charge is -2.28. The first-order chi connectivity index (χ1) is 13.0. The number of aryl methyl sites for hydroxylation is 1. The Labute approximate surface area is 158 Å². The van der Waals surface area contributed by atoms with Crippen LogP contribution in [0.25, 0.3) is 11.0 Å². The number of pyridine rings is 1. The first-order valence-corrected chi connectivity index (χ1v) is 10.5. The van der Waals surface area contributed by atoms with E-state index in [0.717, 1.165) is 31.5 Å². The molecule has 1 saturated heterocycles. The smallest absolute Gasteiger partial charge is 0.269 e. The monoisotopic (exact) mass is 385 g/mol. The van der Waals surface area contributed by atoms with Crippen LogP contribution in [0, 0.1) is 6.92 Å². The molecule has 0 spiro atoms. The Hall–Kier alpha value is -2.58. The zero-order valence-electron chi connectivity index (χ0n) is 15.2. The van der Waals surface area contributed by atoms with E-state index in [1.807, 2.05) is 6.92 Å². The number of hydrogen-bond donors (Lipinski definition) is 2. The number of benzene rings is 1. The van der Waals surface area contributed by atoms with Crippen LogP contribution in [0.2, 0.25) is 0 Å². The molecule has 4 rings (SSSR count). The van der Waals surface area contributed by atoms with Crippen molar-refractivity contribution >= 4 is 32.4 Å². The van der Waals surface area contributed by atoms with E-state index in [1.54, 1.807) is 30.3 Å². The van der Waals surface area contributed by atoms with E-state index in [-0.39, 0.29) is 4.90 Å². The van der Waals surface area contributed by atoms with Gasteiger partial charge in [-0.2, -0.15) is 0 Å². The predicted octanol–water partition coefficient (Wildman–Crippen LogP) is 2.98. The van der Waals surface area contributed by atoms with Crippen molar-refractivity contribution in [1.29, 1.82) is 0 Å². The molecule has 0 bridgehead atoms. The molecule has 0 saturated carbocycles. The number of aromatic nitrogens is 2. The van der Waals surface area contributed by atoms with Crippen molar-refractivity contribution in [2.75, 3.05) is 24.2 Å². The van der Waals surface area contributed by atoms with Crippen LogP contribution in [0.3, 0.4) is 0 Å². The fraction of sp³-hybridized carbons (Fsp3) is 0.316. The molecule has 0 atom stereocenters. The van der Waals surface area contributed by atoms with Crippen LogP contribution in [0.1, 0.15) is 24.8 Å². The third kappa shape index (κ3) is 3.26. The number of anilines is 2. The number of nitrogen functional groups attached to an aromatic ring is 1. The van der Waals surface area contributed by atoms with Crippen LogP contribution in [0.5, 0.6) is 0 Å². The van der Waals surface area contributed by atoms with Crippen LogP contribution in [0.4, 0.5) is 11.4 Å². The first kappa shape index (κ1) is 17.8. The van der Waals surface area contributed by atoms with Gasteiger partial charge >= 0.3 is 0 Å². The fourth-order valence-electron chi connectivity index (χ4n) is 3.38. The maximum Gasteiger partial charge on any atom is 0.269 e. The Bertz CT molecular complexity index is 1070. The predicted molar refractivity (Wildman–Crippen MR) is 107 cm³/mol. The van der Waals surface area contributed by atoms with Gasteiger partial charge in [-0.05, 0) is 38.0 Å². The second-order valence-corrected chi connectivity index (χ2v) is 8.73. The summed E-state index contributed by atoms with van der Waals surface area (Å²) in [5.74, 6) is 0. The highest BCUT2D eigenvalue weighted by atomic mass is 32.2. The summed E-state index contributed by atoms with van der Waals surface area (Å²) in [4.78, 5) is 4.54. The second-order valence-electron chi connectivity index (χ2n) is 6.91. The fourth-order valence-corrected chi connectivity index (χ4v) is 4.69. The van der Waals surface area contributed by atoms with Gasteiger partial charge in [-0.15, -0.1) is 0 Å². The maximum atomic E-state index is 13.1. The van der Waals surface area contributed by atoms with E-state index >= 15 is 0 Å². The molecule has 3 aromatic rings. The number of fused-ring (bicyclic) bond motifs is 1. The Morgan fingerprint density at radius 1 is 1.07 bits per heavy atom. The lowest BCUT2D eigenvalue weighted by molar-refractivity contribution is 0.274. The second kappa shape index (κ2) is 6.86. The molecule has 3 N–H and O–H groups in total. The summed E-state index contributed by atoms with van der Waals surface area (Å²) in [6, 6.07) is 8.54. The molecular weight excluding hydrogens is 362 g/mol. The van der Waals surface area contributed by atoms with Gasteiger partial charge in [-0.25, -0.2) is 22.4 Å². The summed E-state index contributed by atoms with van der Waals surface area (Å²) < 4.78 is 27.4. The maximum absolute atomic E-state index is 13.1. The summed E-state index contributed by atoms with van der Waals surface area (Å²) >= 11 is 0. The summed E-state index contributed by atoms with van der Waals surface area (Å²) in [7, 11) is -3.73. The number of nitrogens with two attached hydrogens (primary N) is 1. The van der Waals surface area contributed by atoms with Crippen molar-refractivity contribution in [3.8, 4) is 0 Å². The van der Waals surface area contributed by atoms with Crippen LogP contribution in [0.15, 0.2) is 47.6 Å². The molecule has 1 aromatic carbocycles. The van der Waals surface area contributed by atoms with Gasteiger partial charge in [-0.3, -0.25) is 0 Å². The molecule has 3 heterocycles. The van der Waals surface area contributed by atoms with Crippen molar-refractivity contribution in [3.63, 3.8) is 0 Å². The van der Waals surface area contributed by atoms with Crippen molar-refractivity contribution in [1.82, 2.24) is 14.0 Å². The third-order valence-electron chi connectivity index (χ3n) is 4.91. The molecule has 1 fully saturated rings. The van der Waals surface area contributed by atoms with E-state index in [0.29, 0.717) is 22.4 Å². The topological polar surface area (TPSA) is 93.2 Å². The molecule has 27 heavy (non-hydrogen) atoms. The zero-order valence-corrected chi connectivity index (χ0v) is 16.0. The van der Waals surface area contributed by atoms with E-state index in [9.17, 15) is 8.42 Å². The van der Waals surface area contributed by atoms with Gasteiger partial charge in [-0.1, -0.05) is 24.1 Å². The van der Waals surface area contributed by atoms with Crippen LogP contribution >= 0.6 is 0 Å². The number of hydrogen-bond acceptors (Lipinski definition) is 6. The molecule has 142 valence electrons. The van der Waals surface area contributed by atoms with Gasteiger partial charge in [0.05, 0.1) is 22.5 Å². The molecule has 2 aromatic heterocycles. The highest BCUT2D eigenvalue weighted by Crippen LogP contribution is 2.31. The van der Waals surface area contributed by atoms with E-state index < -0.39 is 10.0 Å². The SMILES string of the molecule is Cc1ccc(S(=O)(=O)n2ccc3c(NN4CCCCC4)c(N)cnc32)cc1. The van der Waals surface area contributed by atoms with Crippen molar-refractivity contribution in [3.05, 3.63) is 48.3 Å². The lowest BCUT2D eigenvalue weighted by atomic mass is 10.2. The molecule has 1 aliphatic rings. The molecule has 0 amide bonds. The number of hydrazine groups is 1. The zero-order chi connectivity index (χ0) is 19.0. The van der Waals surface area contributed by atoms with E-state index in [1.165, 1.54) is 22.8 Å². The quantitative estimate of drug-likeness (QED) is 0.717. The lowest BCUT2D eigenvalue weighted by Crippen LogP contribution is -2.35. The highest BCUT2D eigenvalue weighted by Gasteiger charge is 2.22. The largest absolute Gasteiger partial charge is 0.396 e. The number of piperidine rings is 1. The normalized spacial score (nSPS) is 15.9. The average Bonchev–Trinajstić information content (AvgIpc) is 3.10. The van der Waals surface area contributed by atoms with Gasteiger partial charge in [0, 0.05) is 24.7 Å². The Balaban J connectivity index is 1.77. The van der Waals surface area contributed by atoms with Gasteiger partial charge in [0.2, 0.25) is 0 Å². The molecule has 0 unspecified atom stereocenters. The minimum Gasteiger partial charge on any atom is -0.396 e. The molecule has 0 radical (unpaired) electrons. The summed E-state index contributed by atoms with van der Waals surface area (Å²) in [5, 5.41) is 2.82.